The summed E-state index contributed by atoms with van der Waals surface area (Å²) in [5.74, 6) is 0.570. The van der Waals surface area contributed by atoms with Gasteiger partial charge in [-0.25, -0.2) is 0 Å². The van der Waals surface area contributed by atoms with Gasteiger partial charge in [-0.2, -0.15) is 0 Å². The van der Waals surface area contributed by atoms with Gasteiger partial charge in [-0.3, -0.25) is 4.79 Å². The third kappa shape index (κ3) is 2.02. The number of carbonyl (C=O) groups excluding carboxylic acids is 1. The van der Waals surface area contributed by atoms with Crippen LogP contribution in [0.25, 0.3) is 0 Å². The minimum absolute atomic E-state index is 0.0488. The molecule has 0 aromatic carbocycles. The van der Waals surface area contributed by atoms with Gasteiger partial charge in [0.1, 0.15) is 5.76 Å². The second kappa shape index (κ2) is 3.78. The van der Waals surface area contributed by atoms with Crippen molar-refractivity contribution in [3.8, 4) is 0 Å². The topological polar surface area (TPSA) is 68.3 Å². The highest BCUT2D eigenvalue weighted by Gasteiger charge is 2.14. The van der Waals surface area contributed by atoms with Gasteiger partial charge in [-0.15, -0.1) is 0 Å². The van der Waals surface area contributed by atoms with Gasteiger partial charge in [-0.1, -0.05) is 5.16 Å². The Balaban J connectivity index is 2.14. The molecule has 15 heavy (non-hydrogen) atoms. The average Bonchev–Trinajstić information content (AvgIpc) is 2.75. The molecule has 2 rings (SSSR count). The van der Waals surface area contributed by atoms with Gasteiger partial charge in [0.15, 0.2) is 5.82 Å². The van der Waals surface area contributed by atoms with Crippen LogP contribution in [0.3, 0.4) is 0 Å². The maximum Gasteiger partial charge on any atom is 0.261 e. The SMILES string of the molecule is Cc1cc(NC(=O)c2ccoc2Cl)no1. The zero-order valence-electron chi connectivity index (χ0n) is 7.78. The maximum absolute atomic E-state index is 11.6. The Hall–Kier alpha value is -1.75. The molecule has 6 heteroatoms. The van der Waals surface area contributed by atoms with Crippen molar-refractivity contribution in [2.75, 3.05) is 5.32 Å². The minimum atomic E-state index is -0.387. The van der Waals surface area contributed by atoms with Crippen LogP contribution in [0.2, 0.25) is 5.22 Å². The lowest BCUT2D eigenvalue weighted by Crippen LogP contribution is -2.11. The first-order valence-electron chi connectivity index (χ1n) is 4.14. The number of amides is 1. The van der Waals surface area contributed by atoms with Crippen LogP contribution in [0, 0.1) is 6.92 Å². The predicted octanol–water partition coefficient (Wildman–Crippen LogP) is 2.48. The van der Waals surface area contributed by atoms with Crippen LogP contribution in [-0.2, 0) is 0 Å². The summed E-state index contributed by atoms with van der Waals surface area (Å²) in [4.78, 5) is 11.6. The Morgan fingerprint density at radius 1 is 1.60 bits per heavy atom. The molecule has 0 radical (unpaired) electrons. The van der Waals surface area contributed by atoms with Crippen molar-refractivity contribution < 1.29 is 13.7 Å². The number of nitrogens with one attached hydrogen (secondary N) is 1. The molecule has 0 saturated heterocycles. The zero-order chi connectivity index (χ0) is 10.8. The molecule has 2 aromatic rings. The van der Waals surface area contributed by atoms with Crippen LogP contribution < -0.4 is 5.32 Å². The number of hydrogen-bond donors (Lipinski definition) is 1. The van der Waals surface area contributed by atoms with Crippen LogP contribution in [0.5, 0.6) is 0 Å². The van der Waals surface area contributed by atoms with Crippen LogP contribution in [0.4, 0.5) is 5.82 Å². The van der Waals surface area contributed by atoms with Crippen LogP contribution in [-0.4, -0.2) is 11.1 Å². The Morgan fingerprint density at radius 2 is 2.40 bits per heavy atom. The van der Waals surface area contributed by atoms with Gasteiger partial charge in [0.05, 0.1) is 11.8 Å². The number of halogens is 1. The highest BCUT2D eigenvalue weighted by Crippen LogP contribution is 2.18. The number of aromatic nitrogens is 1. The van der Waals surface area contributed by atoms with E-state index in [-0.39, 0.29) is 16.7 Å². The van der Waals surface area contributed by atoms with Crippen molar-refractivity contribution in [3.05, 3.63) is 34.9 Å². The Bertz CT molecular complexity index is 489. The fourth-order valence-electron chi connectivity index (χ4n) is 1.06. The van der Waals surface area contributed by atoms with Crippen LogP contribution in [0.15, 0.2) is 27.3 Å². The molecule has 0 fully saturated rings. The molecule has 2 aromatic heterocycles. The van der Waals surface area contributed by atoms with Gasteiger partial charge in [-0.05, 0) is 24.6 Å². The number of furan rings is 1. The summed E-state index contributed by atoms with van der Waals surface area (Å²) in [6.45, 7) is 1.73. The van der Waals surface area contributed by atoms with E-state index in [0.717, 1.165) is 0 Å². The normalized spacial score (nSPS) is 10.3. The summed E-state index contributed by atoms with van der Waals surface area (Å²) in [5.41, 5.74) is 0.261. The fraction of sp³-hybridized carbons (Fsp3) is 0.111. The van der Waals surface area contributed by atoms with E-state index in [1.165, 1.54) is 12.3 Å². The molecule has 0 aliphatic rings. The van der Waals surface area contributed by atoms with E-state index >= 15 is 0 Å². The van der Waals surface area contributed by atoms with Gasteiger partial charge >= 0.3 is 0 Å². The summed E-state index contributed by atoms with van der Waals surface area (Å²) in [5, 5.41) is 6.18. The highest BCUT2D eigenvalue weighted by atomic mass is 35.5. The van der Waals surface area contributed by atoms with Crippen molar-refractivity contribution in [1.82, 2.24) is 5.16 Å². The second-order valence-electron chi connectivity index (χ2n) is 2.88. The monoisotopic (exact) mass is 226 g/mol. The second-order valence-corrected chi connectivity index (χ2v) is 3.23. The standard InChI is InChI=1S/C9H7ClN2O3/c1-5-4-7(12-15-5)11-9(13)6-2-3-14-8(6)10/h2-4H,1H3,(H,11,12,13). The molecule has 0 aliphatic heterocycles. The molecule has 1 N–H and O–H groups in total. The summed E-state index contributed by atoms with van der Waals surface area (Å²) in [6, 6.07) is 3.08. The highest BCUT2D eigenvalue weighted by molar-refractivity contribution is 6.32. The number of anilines is 1. The molecule has 0 bridgehead atoms. The van der Waals surface area contributed by atoms with Crippen molar-refractivity contribution in [3.63, 3.8) is 0 Å². The fourth-order valence-corrected chi connectivity index (χ4v) is 1.26. The first-order chi connectivity index (χ1) is 7.16. The number of rotatable bonds is 2. The first kappa shape index (κ1) is 9.79. The van der Waals surface area contributed by atoms with Crippen molar-refractivity contribution in [2.45, 2.75) is 6.92 Å². The van der Waals surface area contributed by atoms with Gasteiger partial charge in [0.25, 0.3) is 5.91 Å². The predicted molar refractivity (Wildman–Crippen MR) is 52.9 cm³/mol. The molecule has 0 atom stereocenters. The number of aryl methyl sites for hydroxylation is 1. The smallest absolute Gasteiger partial charge is 0.261 e. The van der Waals surface area contributed by atoms with Gasteiger partial charge in [0.2, 0.25) is 5.22 Å². The number of nitrogens with zero attached hydrogens (tertiary/aromatic N) is 1. The summed E-state index contributed by atoms with van der Waals surface area (Å²) < 4.78 is 9.58. The number of hydrogen-bond acceptors (Lipinski definition) is 4. The number of carbonyl (C=O) groups is 1. The Labute approximate surface area is 90.0 Å². The molecule has 0 saturated carbocycles. The van der Waals surface area contributed by atoms with E-state index in [9.17, 15) is 4.79 Å². The lowest BCUT2D eigenvalue weighted by atomic mass is 10.3. The molecule has 0 unspecified atom stereocenters. The molecule has 78 valence electrons. The molecular weight excluding hydrogens is 220 g/mol. The van der Waals surface area contributed by atoms with E-state index < -0.39 is 0 Å². The zero-order valence-corrected chi connectivity index (χ0v) is 8.54. The molecule has 0 aliphatic carbocycles. The van der Waals surface area contributed by atoms with E-state index in [1.807, 2.05) is 0 Å². The third-order valence-electron chi connectivity index (χ3n) is 1.73. The average molecular weight is 227 g/mol. The Kier molecular flexibility index (Phi) is 2.47. The third-order valence-corrected chi connectivity index (χ3v) is 2.02. The van der Waals surface area contributed by atoms with Crippen LogP contribution in [0.1, 0.15) is 16.1 Å². The molecular formula is C9H7ClN2O3. The van der Waals surface area contributed by atoms with E-state index in [2.05, 4.69) is 10.5 Å². The summed E-state index contributed by atoms with van der Waals surface area (Å²) in [7, 11) is 0. The van der Waals surface area contributed by atoms with E-state index in [4.69, 9.17) is 20.5 Å². The molecule has 2 heterocycles. The molecule has 0 spiro atoms. The van der Waals surface area contributed by atoms with Gasteiger partial charge in [0, 0.05) is 6.07 Å². The van der Waals surface area contributed by atoms with E-state index in [0.29, 0.717) is 11.6 Å². The van der Waals surface area contributed by atoms with Crippen molar-refractivity contribution in [1.29, 1.82) is 0 Å². The van der Waals surface area contributed by atoms with Gasteiger partial charge < -0.3 is 14.3 Å². The minimum Gasteiger partial charge on any atom is -0.452 e. The lowest BCUT2D eigenvalue weighted by Gasteiger charge is -1.97. The summed E-state index contributed by atoms with van der Waals surface area (Å²) >= 11 is 5.63. The lowest BCUT2D eigenvalue weighted by molar-refractivity contribution is 0.102. The molecule has 5 nitrogen and oxygen atoms in total. The maximum atomic E-state index is 11.6. The van der Waals surface area contributed by atoms with Crippen molar-refractivity contribution in [2.24, 2.45) is 0 Å². The largest absolute Gasteiger partial charge is 0.452 e. The van der Waals surface area contributed by atoms with E-state index in [1.54, 1.807) is 13.0 Å². The first-order valence-corrected chi connectivity index (χ1v) is 4.52. The molecule has 1 amide bonds. The summed E-state index contributed by atoms with van der Waals surface area (Å²) in [6.07, 6.45) is 1.34. The van der Waals surface area contributed by atoms with Crippen LogP contribution >= 0.6 is 11.6 Å². The Morgan fingerprint density at radius 3 is 2.93 bits per heavy atom. The van der Waals surface area contributed by atoms with Crippen molar-refractivity contribution >= 4 is 23.3 Å². The quantitative estimate of drug-likeness (QED) is 0.854.